The fourth-order valence-electron chi connectivity index (χ4n) is 10.6. The van der Waals surface area contributed by atoms with Gasteiger partial charge in [-0.25, -0.2) is 4.98 Å². The molecule has 0 saturated carbocycles. The normalized spacial score (nSPS) is 14.3. The van der Waals surface area contributed by atoms with Gasteiger partial charge in [0, 0.05) is 5.56 Å². The molecule has 0 fully saturated rings. The summed E-state index contributed by atoms with van der Waals surface area (Å²) < 4.78 is 9.81. The van der Waals surface area contributed by atoms with Gasteiger partial charge in [-0.3, -0.25) is 4.57 Å². The van der Waals surface area contributed by atoms with Gasteiger partial charge in [-0.2, -0.15) is 0 Å². The molecule has 1 N–H and O–H groups in total. The third-order valence-electron chi connectivity index (χ3n) is 14.9. The topological polar surface area (TPSA) is 42.3 Å². The zero-order valence-corrected chi connectivity index (χ0v) is 47.9. The number of ether oxygens (including phenoxy) is 1. The van der Waals surface area contributed by atoms with Crippen LogP contribution in [-0.4, -0.2) is 17.6 Å². The average Bonchev–Trinajstić information content (AvgIpc) is 3.91. The number of aromatic nitrogens is 2. The van der Waals surface area contributed by atoms with Gasteiger partial charge in [0.15, 0.2) is 0 Å². The van der Waals surface area contributed by atoms with E-state index in [1.165, 1.54) is 66.8 Å². The molecule has 378 valence electrons. The standard InChI is InChI=1S/C67H80N4OSi/c1-41(2)54-35-46(45-25-19-18-20-26-45)36-55(42(3)4)62(54)70-60-29-23-21-27-58(60)68-64(70)47-31-49(66(9,10)11)37-51(33-47)72-52-34-48(32-50(38-52)67(12,13)14)65-69-59-28-22-24-30-61(59)71(65)63-56(43(5)6)39-53(73(15,16)17)40-57(63)44(7)8/h18-44,64,68H,1-17H3. The third-order valence-corrected chi connectivity index (χ3v) is 16.9. The van der Waals surface area contributed by atoms with Crippen LogP contribution in [0.3, 0.4) is 0 Å². The predicted molar refractivity (Wildman–Crippen MR) is 317 cm³/mol. The number of anilines is 3. The number of rotatable bonds is 12. The number of hydrogen-bond donors (Lipinski definition) is 1. The van der Waals surface area contributed by atoms with Crippen molar-refractivity contribution in [3.05, 3.63) is 178 Å². The van der Waals surface area contributed by atoms with Gasteiger partial charge < -0.3 is 15.0 Å². The van der Waals surface area contributed by atoms with Gasteiger partial charge in [0.25, 0.3) is 0 Å². The van der Waals surface area contributed by atoms with Crippen LogP contribution in [0.25, 0.3) is 39.2 Å². The second-order valence-corrected chi connectivity index (χ2v) is 30.2. The smallest absolute Gasteiger partial charge is 0.145 e. The van der Waals surface area contributed by atoms with Gasteiger partial charge in [0.1, 0.15) is 23.5 Å². The maximum Gasteiger partial charge on any atom is 0.145 e. The molecule has 8 aromatic rings. The van der Waals surface area contributed by atoms with Crippen LogP contribution in [0.4, 0.5) is 17.1 Å². The molecule has 5 nitrogen and oxygen atoms in total. The van der Waals surface area contributed by atoms with Crippen molar-refractivity contribution < 1.29 is 4.74 Å². The van der Waals surface area contributed by atoms with Crippen molar-refractivity contribution in [2.75, 3.05) is 10.2 Å². The van der Waals surface area contributed by atoms with Crippen LogP contribution in [0, 0.1) is 0 Å². The Balaban J connectivity index is 1.23. The van der Waals surface area contributed by atoms with E-state index in [4.69, 9.17) is 9.72 Å². The quantitative estimate of drug-likeness (QED) is 0.124. The van der Waals surface area contributed by atoms with E-state index < -0.39 is 8.07 Å². The molecule has 0 bridgehead atoms. The molecule has 1 atom stereocenters. The lowest BCUT2D eigenvalue weighted by atomic mass is 9.85. The van der Waals surface area contributed by atoms with E-state index in [0.29, 0.717) is 11.8 Å². The first-order valence-electron chi connectivity index (χ1n) is 26.9. The largest absolute Gasteiger partial charge is 0.457 e. The Morgan fingerprint density at radius 3 is 1.62 bits per heavy atom. The lowest BCUT2D eigenvalue weighted by Crippen LogP contribution is -2.38. The molecule has 1 aliphatic rings. The summed E-state index contributed by atoms with van der Waals surface area (Å²) in [6, 6.07) is 51.9. The monoisotopic (exact) mass is 985 g/mol. The van der Waals surface area contributed by atoms with Gasteiger partial charge in [0.05, 0.1) is 41.9 Å². The van der Waals surface area contributed by atoms with Gasteiger partial charge in [-0.05, 0) is 151 Å². The molecule has 1 unspecified atom stereocenters. The molecule has 73 heavy (non-hydrogen) atoms. The minimum absolute atomic E-state index is 0.162. The summed E-state index contributed by atoms with van der Waals surface area (Å²) in [5.74, 6) is 3.70. The average molecular weight is 985 g/mol. The van der Waals surface area contributed by atoms with Gasteiger partial charge >= 0.3 is 0 Å². The number of benzene rings is 7. The summed E-state index contributed by atoms with van der Waals surface area (Å²) in [6.45, 7) is 39.9. The molecule has 1 aliphatic heterocycles. The van der Waals surface area contributed by atoms with Gasteiger partial charge in [-0.15, -0.1) is 0 Å². The third kappa shape index (κ3) is 10.2. The highest BCUT2D eigenvalue weighted by molar-refractivity contribution is 6.88. The molecule has 0 saturated heterocycles. The minimum Gasteiger partial charge on any atom is -0.457 e. The van der Waals surface area contributed by atoms with E-state index in [0.717, 1.165) is 45.2 Å². The van der Waals surface area contributed by atoms with Crippen molar-refractivity contribution >= 4 is 41.4 Å². The summed E-state index contributed by atoms with van der Waals surface area (Å²) >= 11 is 0. The number of fused-ring (bicyclic) bond motifs is 2. The van der Waals surface area contributed by atoms with Crippen LogP contribution >= 0.6 is 0 Å². The number of nitrogens with zero attached hydrogens (tertiary/aromatic N) is 3. The van der Waals surface area contributed by atoms with E-state index in [1.807, 2.05) is 0 Å². The van der Waals surface area contributed by atoms with Crippen LogP contribution in [0.15, 0.2) is 140 Å². The highest BCUT2D eigenvalue weighted by atomic mass is 28.3. The van der Waals surface area contributed by atoms with E-state index in [-0.39, 0.29) is 28.8 Å². The predicted octanol–water partition coefficient (Wildman–Crippen LogP) is 19.0. The lowest BCUT2D eigenvalue weighted by molar-refractivity contribution is 0.473. The number of imidazole rings is 1. The van der Waals surface area contributed by atoms with Crippen LogP contribution in [0.5, 0.6) is 11.5 Å². The first-order valence-corrected chi connectivity index (χ1v) is 30.4. The zero-order chi connectivity index (χ0) is 52.5. The van der Waals surface area contributed by atoms with Crippen LogP contribution in [-0.2, 0) is 10.8 Å². The first kappa shape index (κ1) is 51.5. The van der Waals surface area contributed by atoms with Crippen LogP contribution in [0.1, 0.15) is 166 Å². The van der Waals surface area contributed by atoms with Gasteiger partial charge in [-0.1, -0.05) is 195 Å². The molecule has 6 heteroatoms. The zero-order valence-electron chi connectivity index (χ0n) is 46.9. The summed E-state index contributed by atoms with van der Waals surface area (Å²) in [4.78, 5) is 8.12. The van der Waals surface area contributed by atoms with Crippen molar-refractivity contribution in [1.29, 1.82) is 0 Å². The fraction of sp³-hybridized carbons (Fsp3) is 0.358. The number of hydrogen-bond acceptors (Lipinski definition) is 4. The molecule has 0 radical (unpaired) electrons. The summed E-state index contributed by atoms with van der Waals surface area (Å²) in [6.07, 6.45) is -0.200. The van der Waals surface area contributed by atoms with E-state index in [2.05, 4.69) is 271 Å². The first-order chi connectivity index (χ1) is 34.4. The molecule has 1 aromatic heterocycles. The lowest BCUT2D eigenvalue weighted by Gasteiger charge is -2.34. The Morgan fingerprint density at radius 1 is 0.521 bits per heavy atom. The van der Waals surface area contributed by atoms with Crippen molar-refractivity contribution in [3.63, 3.8) is 0 Å². The molecule has 0 spiro atoms. The second-order valence-electron chi connectivity index (χ2n) is 25.1. The molecule has 9 rings (SSSR count). The Kier molecular flexibility index (Phi) is 13.7. The summed E-state index contributed by atoms with van der Waals surface area (Å²) in [5.41, 5.74) is 19.1. The SMILES string of the molecule is CC(C)c1cc(-c2ccccc2)cc(C(C)C)c1N1c2ccccc2NC1c1cc(Oc2cc(-c3nc4ccccc4n3-c3c(C(C)C)cc([Si](C)(C)C)cc3C(C)C)cc(C(C)(C)C)c2)cc(C(C)(C)C)c1. The molecular weight excluding hydrogens is 905 g/mol. The highest BCUT2D eigenvalue weighted by Gasteiger charge is 2.36. The Hall–Kier alpha value is -6.37. The van der Waals surface area contributed by atoms with Crippen molar-refractivity contribution in [2.45, 2.75) is 157 Å². The van der Waals surface area contributed by atoms with E-state index >= 15 is 0 Å². The van der Waals surface area contributed by atoms with Crippen LogP contribution < -0.4 is 20.1 Å². The van der Waals surface area contributed by atoms with Crippen LogP contribution in [0.2, 0.25) is 19.6 Å². The summed E-state index contributed by atoms with van der Waals surface area (Å²) in [5, 5.41) is 5.54. The fourth-order valence-corrected chi connectivity index (χ4v) is 11.8. The summed E-state index contributed by atoms with van der Waals surface area (Å²) in [7, 11) is -1.64. The minimum atomic E-state index is -1.64. The molecule has 0 aliphatic carbocycles. The number of nitrogens with one attached hydrogen (secondary N) is 1. The highest BCUT2D eigenvalue weighted by Crippen LogP contribution is 2.52. The van der Waals surface area contributed by atoms with Crippen molar-refractivity contribution in [3.8, 4) is 39.7 Å². The van der Waals surface area contributed by atoms with E-state index in [1.54, 1.807) is 0 Å². The Labute approximate surface area is 439 Å². The molecule has 0 amide bonds. The van der Waals surface area contributed by atoms with E-state index in [9.17, 15) is 0 Å². The molecular formula is C67H80N4OSi. The van der Waals surface area contributed by atoms with Crippen molar-refractivity contribution in [2.24, 2.45) is 0 Å². The van der Waals surface area contributed by atoms with Crippen molar-refractivity contribution in [1.82, 2.24) is 9.55 Å². The Morgan fingerprint density at radius 2 is 1.04 bits per heavy atom. The maximum atomic E-state index is 7.34. The molecule has 7 aromatic carbocycles. The second kappa shape index (κ2) is 19.5. The Bertz CT molecular complexity index is 3260. The molecule has 2 heterocycles. The van der Waals surface area contributed by atoms with Gasteiger partial charge in [0.2, 0.25) is 0 Å². The number of para-hydroxylation sites is 4. The maximum absolute atomic E-state index is 7.34.